The summed E-state index contributed by atoms with van der Waals surface area (Å²) in [4.78, 5) is 37.4. The van der Waals surface area contributed by atoms with Crippen LogP contribution in [0.1, 0.15) is 44.0 Å². The molecule has 0 radical (unpaired) electrons. The van der Waals surface area contributed by atoms with Gasteiger partial charge in [0, 0.05) is 37.3 Å². The van der Waals surface area contributed by atoms with E-state index in [0.717, 1.165) is 10.9 Å². The molecule has 8 nitrogen and oxygen atoms in total. The van der Waals surface area contributed by atoms with Crippen LogP contribution in [0.25, 0.3) is 11.0 Å². The second-order valence-corrected chi connectivity index (χ2v) is 9.83. The Kier molecular flexibility index (Phi) is 6.45. The maximum Gasteiger partial charge on any atom is 0.410 e. The van der Waals surface area contributed by atoms with Gasteiger partial charge in [0.1, 0.15) is 11.2 Å². The number of aromatic nitrogens is 3. The van der Waals surface area contributed by atoms with Gasteiger partial charge in [0.2, 0.25) is 0 Å². The Labute approximate surface area is 197 Å². The molecule has 2 aromatic heterocycles. The Morgan fingerprint density at radius 1 is 1.24 bits per heavy atom. The van der Waals surface area contributed by atoms with Gasteiger partial charge in [-0.2, -0.15) is 0 Å². The third-order valence-corrected chi connectivity index (χ3v) is 6.17. The van der Waals surface area contributed by atoms with Gasteiger partial charge in [0.05, 0.1) is 12.1 Å². The minimum Gasteiger partial charge on any atom is -0.444 e. The smallest absolute Gasteiger partial charge is 0.410 e. The van der Waals surface area contributed by atoms with E-state index in [1.165, 1.54) is 16.3 Å². The van der Waals surface area contributed by atoms with E-state index in [1.54, 1.807) is 18.1 Å². The van der Waals surface area contributed by atoms with Crippen molar-refractivity contribution >= 4 is 28.9 Å². The Balaban J connectivity index is 1.89. The summed E-state index contributed by atoms with van der Waals surface area (Å²) < 4.78 is 7.26. The predicted molar refractivity (Wildman–Crippen MR) is 129 cm³/mol. The first kappa shape index (κ1) is 23.3. The Hall–Kier alpha value is -2.91. The third kappa shape index (κ3) is 4.74. The van der Waals surface area contributed by atoms with Crippen molar-refractivity contribution < 1.29 is 9.53 Å². The first-order valence-corrected chi connectivity index (χ1v) is 12.1. The van der Waals surface area contributed by atoms with Crippen LogP contribution >= 0.6 is 11.8 Å². The van der Waals surface area contributed by atoms with Crippen LogP contribution in [0.15, 0.2) is 52.5 Å². The van der Waals surface area contributed by atoms with Gasteiger partial charge >= 0.3 is 6.09 Å². The summed E-state index contributed by atoms with van der Waals surface area (Å²) in [6.45, 7) is 6.53. The number of hydrogen-bond acceptors (Lipinski definition) is 7. The zero-order valence-corrected chi connectivity index (χ0v) is 20.3. The number of carbonyl (C=O) groups excluding carboxylic acids is 1. The molecule has 0 saturated carbocycles. The summed E-state index contributed by atoms with van der Waals surface area (Å²) >= 11 is 1.42. The van der Waals surface area contributed by atoms with E-state index < -0.39 is 17.7 Å². The van der Waals surface area contributed by atoms with E-state index in [4.69, 9.17) is 4.74 Å². The molecule has 0 bridgehead atoms. The van der Waals surface area contributed by atoms with E-state index in [1.807, 2.05) is 63.4 Å². The summed E-state index contributed by atoms with van der Waals surface area (Å²) in [5, 5.41) is 4.85. The zero-order chi connectivity index (χ0) is 23.8. The molecule has 1 aliphatic rings. The molecule has 1 amide bonds. The van der Waals surface area contributed by atoms with Crippen molar-refractivity contribution in [1.82, 2.24) is 24.8 Å². The van der Waals surface area contributed by atoms with Crippen LogP contribution < -0.4 is 10.9 Å². The quantitative estimate of drug-likeness (QED) is 0.464. The summed E-state index contributed by atoms with van der Waals surface area (Å²) in [6.07, 6.45) is 3.18. The molecule has 2 atom stereocenters. The number of thioether (sulfide) groups is 1. The fraction of sp³-hybridized carbons (Fsp3) is 0.417. The molecule has 9 heteroatoms. The summed E-state index contributed by atoms with van der Waals surface area (Å²) in [5.74, 6) is 0. The normalized spacial score (nSPS) is 19.0. The minimum absolute atomic E-state index is 0.198. The Morgan fingerprint density at radius 2 is 1.97 bits per heavy atom. The number of carbonyl (C=O) groups is 1. The molecule has 1 aliphatic heterocycles. The molecule has 0 spiro atoms. The van der Waals surface area contributed by atoms with Gasteiger partial charge in [-0.05, 0) is 38.7 Å². The molecular formula is C24H29N5O3S. The lowest BCUT2D eigenvalue weighted by Crippen LogP contribution is -2.53. The van der Waals surface area contributed by atoms with E-state index in [9.17, 15) is 9.59 Å². The number of nitrogens with one attached hydrogen (secondary N) is 1. The highest BCUT2D eigenvalue weighted by Gasteiger charge is 2.40. The lowest BCUT2D eigenvalue weighted by atomic mass is 9.90. The number of amides is 1. The van der Waals surface area contributed by atoms with Gasteiger partial charge in [-0.25, -0.2) is 14.8 Å². The Morgan fingerprint density at radius 3 is 2.64 bits per heavy atom. The Bertz CT molecular complexity index is 1220. The van der Waals surface area contributed by atoms with Crippen LogP contribution in [-0.4, -0.2) is 50.5 Å². The highest BCUT2D eigenvalue weighted by molar-refractivity contribution is 7.98. The first-order chi connectivity index (χ1) is 15.7. The third-order valence-electron chi connectivity index (χ3n) is 5.61. The molecule has 33 heavy (non-hydrogen) atoms. The van der Waals surface area contributed by atoms with Crippen molar-refractivity contribution in [3.8, 4) is 0 Å². The molecule has 1 fully saturated rings. The summed E-state index contributed by atoms with van der Waals surface area (Å²) in [6, 6.07) is 10.8. The predicted octanol–water partition coefficient (Wildman–Crippen LogP) is 3.67. The highest BCUT2D eigenvalue weighted by Crippen LogP contribution is 2.36. The van der Waals surface area contributed by atoms with E-state index in [0.29, 0.717) is 29.5 Å². The van der Waals surface area contributed by atoms with Gasteiger partial charge in [-0.15, -0.1) is 0 Å². The van der Waals surface area contributed by atoms with E-state index in [2.05, 4.69) is 15.3 Å². The second kappa shape index (κ2) is 9.15. The molecule has 1 aromatic carbocycles. The molecule has 174 valence electrons. The minimum atomic E-state index is -0.648. The number of hydrogen-bond donors (Lipinski definition) is 1. The molecule has 1 N–H and O–H groups in total. The fourth-order valence-corrected chi connectivity index (χ4v) is 4.51. The lowest BCUT2D eigenvalue weighted by Gasteiger charge is -2.42. The van der Waals surface area contributed by atoms with Gasteiger partial charge in [0.25, 0.3) is 5.56 Å². The molecule has 3 aromatic rings. The molecular weight excluding hydrogens is 438 g/mol. The van der Waals surface area contributed by atoms with Crippen LogP contribution in [0, 0.1) is 0 Å². The van der Waals surface area contributed by atoms with Crippen LogP contribution in [0.3, 0.4) is 0 Å². The molecule has 3 heterocycles. The lowest BCUT2D eigenvalue weighted by molar-refractivity contribution is 0.00481. The molecule has 4 rings (SSSR count). The van der Waals surface area contributed by atoms with Crippen molar-refractivity contribution in [3.63, 3.8) is 0 Å². The van der Waals surface area contributed by atoms with Crippen LogP contribution in [-0.2, 0) is 11.8 Å². The number of ether oxygens (including phenoxy) is 1. The fourth-order valence-electron chi connectivity index (χ4n) is 4.17. The standard InChI is InChI=1S/C24H29N5O3S/c1-24(2,3)32-23(31)29-12-11-25-18(15-9-7-6-8-10-15)19(29)17-13-16-14-26-22(33-5)27-20(16)28(4)21(17)30/h6-10,13-14,18-19,25H,11-12H2,1-5H3. The first-order valence-electron chi connectivity index (χ1n) is 10.9. The zero-order valence-electron chi connectivity index (χ0n) is 19.5. The van der Waals surface area contributed by atoms with E-state index >= 15 is 0 Å². The van der Waals surface area contributed by atoms with E-state index in [-0.39, 0.29) is 11.6 Å². The van der Waals surface area contributed by atoms with Gasteiger partial charge in [-0.3, -0.25) is 14.3 Å². The van der Waals surface area contributed by atoms with Crippen molar-refractivity contribution in [2.24, 2.45) is 7.05 Å². The number of nitrogens with zero attached hydrogens (tertiary/aromatic N) is 4. The SMILES string of the molecule is CSc1ncc2cc(C3C(c4ccccc4)NCCN3C(=O)OC(C)(C)C)c(=O)n(C)c2n1. The summed E-state index contributed by atoms with van der Waals surface area (Å²) in [7, 11) is 1.71. The van der Waals surface area contributed by atoms with Crippen LogP contribution in [0.5, 0.6) is 0 Å². The maximum absolute atomic E-state index is 13.6. The monoisotopic (exact) mass is 467 g/mol. The molecule has 0 aliphatic carbocycles. The van der Waals surface area contributed by atoms with Crippen LogP contribution in [0.4, 0.5) is 4.79 Å². The topological polar surface area (TPSA) is 89.4 Å². The number of benzene rings is 1. The number of fused-ring (bicyclic) bond motifs is 1. The number of pyridine rings is 1. The maximum atomic E-state index is 13.6. The molecule has 2 unspecified atom stereocenters. The van der Waals surface area contributed by atoms with Gasteiger partial charge in [-0.1, -0.05) is 42.1 Å². The average molecular weight is 468 g/mol. The molecule has 1 saturated heterocycles. The van der Waals surface area contributed by atoms with Crippen molar-refractivity contribution in [2.45, 2.75) is 43.6 Å². The van der Waals surface area contributed by atoms with Gasteiger partial charge in [0.15, 0.2) is 5.16 Å². The number of rotatable bonds is 3. The van der Waals surface area contributed by atoms with Crippen molar-refractivity contribution in [1.29, 1.82) is 0 Å². The van der Waals surface area contributed by atoms with Gasteiger partial charge < -0.3 is 10.1 Å². The highest BCUT2D eigenvalue weighted by atomic mass is 32.2. The number of piperazine rings is 1. The number of aryl methyl sites for hydroxylation is 1. The largest absolute Gasteiger partial charge is 0.444 e. The summed E-state index contributed by atoms with van der Waals surface area (Å²) in [5.41, 5.74) is 1.21. The van der Waals surface area contributed by atoms with Crippen molar-refractivity contribution in [3.05, 3.63) is 64.1 Å². The van der Waals surface area contributed by atoms with Crippen molar-refractivity contribution in [2.75, 3.05) is 19.3 Å². The van der Waals surface area contributed by atoms with Crippen LogP contribution in [0.2, 0.25) is 0 Å². The second-order valence-electron chi connectivity index (χ2n) is 9.06. The average Bonchev–Trinajstić information content (AvgIpc) is 2.80.